The molecule has 0 saturated heterocycles. The van der Waals surface area contributed by atoms with Crippen LogP contribution < -0.4 is 10.1 Å². The van der Waals surface area contributed by atoms with Crippen LogP contribution in [0.3, 0.4) is 0 Å². The molecule has 0 heterocycles. The third-order valence-electron chi connectivity index (χ3n) is 1.78. The fraction of sp³-hybridized carbons (Fsp3) is 0.333. The van der Waals surface area contributed by atoms with Crippen LogP contribution in [0.15, 0.2) is 6.07 Å². The zero-order chi connectivity index (χ0) is 10.7. The fourth-order valence-electron chi connectivity index (χ4n) is 1.18. The van der Waals surface area contributed by atoms with Crippen molar-refractivity contribution in [2.24, 2.45) is 0 Å². The molecule has 1 aromatic carbocycles. The summed E-state index contributed by atoms with van der Waals surface area (Å²) in [6, 6.07) is 0.898. The lowest BCUT2D eigenvalue weighted by Gasteiger charge is -2.11. The van der Waals surface area contributed by atoms with Crippen molar-refractivity contribution in [1.29, 1.82) is 0 Å². The molecule has 1 aromatic rings. The van der Waals surface area contributed by atoms with Crippen LogP contribution in [0.2, 0.25) is 5.02 Å². The normalized spacial score (nSPS) is 10.4. The maximum absolute atomic E-state index is 13.4. The Kier molecular flexibility index (Phi) is 3.66. The van der Waals surface area contributed by atoms with E-state index in [-0.39, 0.29) is 22.9 Å². The number of rotatable bonds is 3. The molecule has 0 amide bonds. The van der Waals surface area contributed by atoms with E-state index in [4.69, 9.17) is 16.3 Å². The Labute approximate surface area is 85.8 Å². The topological polar surface area (TPSA) is 21.3 Å². The molecule has 0 aliphatic carbocycles. The van der Waals surface area contributed by atoms with Gasteiger partial charge in [-0.1, -0.05) is 11.6 Å². The Balaban J connectivity index is 3.32. The van der Waals surface area contributed by atoms with Crippen molar-refractivity contribution in [1.82, 2.24) is 5.32 Å². The number of halogens is 3. The van der Waals surface area contributed by atoms with Gasteiger partial charge in [-0.3, -0.25) is 0 Å². The number of ether oxygens (including phenoxy) is 1. The number of hydrogen-bond acceptors (Lipinski definition) is 2. The third-order valence-corrected chi connectivity index (χ3v) is 2.05. The molecule has 2 nitrogen and oxygen atoms in total. The summed E-state index contributed by atoms with van der Waals surface area (Å²) in [5.74, 6) is -1.43. The van der Waals surface area contributed by atoms with E-state index in [1.54, 1.807) is 7.05 Å². The van der Waals surface area contributed by atoms with Crippen molar-refractivity contribution in [3.63, 3.8) is 0 Å². The SMILES string of the molecule is CNCc1c(F)c(Cl)cc(F)c1OC. The molecule has 0 bridgehead atoms. The van der Waals surface area contributed by atoms with E-state index in [1.165, 1.54) is 7.11 Å². The number of methoxy groups -OCH3 is 1. The summed E-state index contributed by atoms with van der Waals surface area (Å²) < 4.78 is 31.4. The Hall–Kier alpha value is -0.870. The summed E-state index contributed by atoms with van der Waals surface area (Å²) in [7, 11) is 2.91. The highest BCUT2D eigenvalue weighted by molar-refractivity contribution is 6.30. The molecule has 14 heavy (non-hydrogen) atoms. The molecule has 0 aliphatic rings. The number of hydrogen-bond donors (Lipinski definition) is 1. The molecular weight excluding hydrogens is 212 g/mol. The van der Waals surface area contributed by atoms with Crippen molar-refractivity contribution >= 4 is 11.6 Å². The van der Waals surface area contributed by atoms with Crippen LogP contribution in [0.4, 0.5) is 8.78 Å². The molecule has 0 radical (unpaired) electrons. The summed E-state index contributed by atoms with van der Waals surface area (Å²) in [6.45, 7) is 0.159. The second-order valence-electron chi connectivity index (χ2n) is 2.70. The predicted molar refractivity (Wildman–Crippen MR) is 50.7 cm³/mol. The molecule has 0 spiro atoms. The van der Waals surface area contributed by atoms with E-state index in [0.29, 0.717) is 0 Å². The Morgan fingerprint density at radius 1 is 1.50 bits per heavy atom. The minimum atomic E-state index is -0.663. The van der Waals surface area contributed by atoms with Crippen molar-refractivity contribution < 1.29 is 13.5 Å². The minimum Gasteiger partial charge on any atom is -0.493 e. The van der Waals surface area contributed by atoms with Gasteiger partial charge in [-0.05, 0) is 13.1 Å². The van der Waals surface area contributed by atoms with Gasteiger partial charge in [0.25, 0.3) is 0 Å². The van der Waals surface area contributed by atoms with E-state index >= 15 is 0 Å². The van der Waals surface area contributed by atoms with Gasteiger partial charge in [0.15, 0.2) is 11.6 Å². The van der Waals surface area contributed by atoms with Crippen LogP contribution in [-0.2, 0) is 6.54 Å². The number of nitrogens with one attached hydrogen (secondary N) is 1. The van der Waals surface area contributed by atoms with Gasteiger partial charge in [0.05, 0.1) is 12.1 Å². The monoisotopic (exact) mass is 221 g/mol. The van der Waals surface area contributed by atoms with E-state index in [0.717, 1.165) is 6.07 Å². The van der Waals surface area contributed by atoms with Gasteiger partial charge in [-0.25, -0.2) is 8.78 Å². The maximum Gasteiger partial charge on any atom is 0.167 e. The highest BCUT2D eigenvalue weighted by atomic mass is 35.5. The lowest BCUT2D eigenvalue weighted by molar-refractivity contribution is 0.375. The molecule has 0 atom stereocenters. The summed E-state index contributed by atoms with van der Waals surface area (Å²) in [6.07, 6.45) is 0. The van der Waals surface area contributed by atoms with E-state index < -0.39 is 11.6 Å². The average Bonchev–Trinajstić information content (AvgIpc) is 2.14. The van der Waals surface area contributed by atoms with Crippen LogP contribution in [0.5, 0.6) is 5.75 Å². The first-order valence-corrected chi connectivity index (χ1v) is 4.34. The lowest BCUT2D eigenvalue weighted by Crippen LogP contribution is -2.10. The molecule has 0 fully saturated rings. The van der Waals surface area contributed by atoms with Crippen LogP contribution in [0.1, 0.15) is 5.56 Å². The summed E-state index contributed by atoms with van der Waals surface area (Å²) >= 11 is 5.49. The van der Waals surface area contributed by atoms with Crippen molar-refractivity contribution in [3.05, 3.63) is 28.3 Å². The van der Waals surface area contributed by atoms with E-state index in [1.807, 2.05) is 0 Å². The Morgan fingerprint density at radius 2 is 2.14 bits per heavy atom. The van der Waals surface area contributed by atoms with E-state index in [2.05, 4.69) is 5.32 Å². The molecule has 5 heteroatoms. The third kappa shape index (κ3) is 1.96. The standard InChI is InChI=1S/C9H10ClF2NO/c1-13-4-5-8(12)6(10)3-7(11)9(5)14-2/h3,13H,4H2,1-2H3. The predicted octanol–water partition coefficient (Wildman–Crippen LogP) is 2.35. The smallest absolute Gasteiger partial charge is 0.167 e. The summed E-state index contributed by atoms with van der Waals surface area (Å²) in [4.78, 5) is 0. The van der Waals surface area contributed by atoms with Gasteiger partial charge in [0.1, 0.15) is 5.82 Å². The van der Waals surface area contributed by atoms with Crippen LogP contribution >= 0.6 is 11.6 Å². The maximum atomic E-state index is 13.4. The molecule has 0 saturated carbocycles. The zero-order valence-electron chi connectivity index (χ0n) is 7.83. The highest BCUT2D eigenvalue weighted by Crippen LogP contribution is 2.30. The first-order chi connectivity index (χ1) is 6.61. The Bertz CT molecular complexity index is 344. The number of benzene rings is 1. The second kappa shape index (κ2) is 4.57. The van der Waals surface area contributed by atoms with Gasteiger partial charge in [0, 0.05) is 12.1 Å². The van der Waals surface area contributed by atoms with Gasteiger partial charge < -0.3 is 10.1 Å². The average molecular weight is 222 g/mol. The quantitative estimate of drug-likeness (QED) is 0.792. The molecular formula is C9H10ClF2NO. The largest absolute Gasteiger partial charge is 0.493 e. The molecule has 0 unspecified atom stereocenters. The van der Waals surface area contributed by atoms with Crippen LogP contribution in [0, 0.1) is 11.6 Å². The molecule has 1 rings (SSSR count). The minimum absolute atomic E-state index is 0.0972. The van der Waals surface area contributed by atoms with Crippen LogP contribution in [0.25, 0.3) is 0 Å². The van der Waals surface area contributed by atoms with E-state index in [9.17, 15) is 8.78 Å². The van der Waals surface area contributed by atoms with Gasteiger partial charge >= 0.3 is 0 Å². The van der Waals surface area contributed by atoms with Crippen LogP contribution in [-0.4, -0.2) is 14.2 Å². The van der Waals surface area contributed by atoms with Gasteiger partial charge in [-0.15, -0.1) is 0 Å². The second-order valence-corrected chi connectivity index (χ2v) is 3.10. The van der Waals surface area contributed by atoms with Gasteiger partial charge in [-0.2, -0.15) is 0 Å². The van der Waals surface area contributed by atoms with Gasteiger partial charge in [0.2, 0.25) is 0 Å². The summed E-state index contributed by atoms with van der Waals surface area (Å²) in [5.41, 5.74) is 0.0972. The molecule has 0 aliphatic heterocycles. The molecule has 78 valence electrons. The first-order valence-electron chi connectivity index (χ1n) is 3.96. The summed E-state index contributed by atoms with van der Waals surface area (Å²) in [5, 5.41) is 2.47. The lowest BCUT2D eigenvalue weighted by atomic mass is 10.1. The molecule has 1 N–H and O–H groups in total. The molecule has 0 aromatic heterocycles. The van der Waals surface area contributed by atoms with Crippen molar-refractivity contribution in [3.8, 4) is 5.75 Å². The Morgan fingerprint density at radius 3 is 2.64 bits per heavy atom. The fourth-order valence-corrected chi connectivity index (χ4v) is 1.39. The zero-order valence-corrected chi connectivity index (χ0v) is 8.58. The van der Waals surface area contributed by atoms with Crippen molar-refractivity contribution in [2.75, 3.05) is 14.2 Å². The first kappa shape index (κ1) is 11.2. The highest BCUT2D eigenvalue weighted by Gasteiger charge is 2.17. The van der Waals surface area contributed by atoms with Crippen molar-refractivity contribution in [2.45, 2.75) is 6.54 Å².